The van der Waals surface area contributed by atoms with E-state index >= 15 is 0 Å². The van der Waals surface area contributed by atoms with E-state index in [1.54, 1.807) is 17.6 Å². The molecule has 0 aliphatic heterocycles. The maximum atomic E-state index is 14.3. The van der Waals surface area contributed by atoms with Crippen molar-refractivity contribution in [1.82, 2.24) is 19.5 Å². The van der Waals surface area contributed by atoms with Crippen LogP contribution >= 0.6 is 0 Å². The van der Waals surface area contributed by atoms with Gasteiger partial charge in [0.25, 0.3) is 5.56 Å². The van der Waals surface area contributed by atoms with Crippen LogP contribution in [0, 0.1) is 12.7 Å². The molecule has 1 aliphatic rings. The van der Waals surface area contributed by atoms with E-state index in [-0.39, 0.29) is 36.3 Å². The van der Waals surface area contributed by atoms with E-state index in [1.165, 1.54) is 19.4 Å². The van der Waals surface area contributed by atoms with Crippen molar-refractivity contribution in [1.29, 1.82) is 0 Å². The van der Waals surface area contributed by atoms with Gasteiger partial charge in [-0.3, -0.25) is 9.36 Å². The van der Waals surface area contributed by atoms with Crippen LogP contribution in [0.25, 0.3) is 22.2 Å². The topological polar surface area (TPSA) is 125 Å². The number of aromatic nitrogens is 4. The molecule has 4 rings (SSSR count). The van der Waals surface area contributed by atoms with Crippen LogP contribution in [0.4, 0.5) is 10.3 Å². The number of nitrogens with zero attached hydrogens (tertiary/aromatic N) is 4. The van der Waals surface area contributed by atoms with Gasteiger partial charge in [0.2, 0.25) is 11.8 Å². The largest absolute Gasteiger partial charge is 0.479 e. The van der Waals surface area contributed by atoms with Gasteiger partial charge in [-0.05, 0) is 44.7 Å². The van der Waals surface area contributed by atoms with E-state index in [0.717, 1.165) is 0 Å². The predicted molar refractivity (Wildman–Crippen MR) is 112 cm³/mol. The summed E-state index contributed by atoms with van der Waals surface area (Å²) in [6.07, 6.45) is 4.09. The first-order valence-electron chi connectivity index (χ1n) is 10.0. The number of pyridine rings is 2. The monoisotopic (exact) mass is 429 g/mol. The average molecular weight is 429 g/mol. The first kappa shape index (κ1) is 21.1. The van der Waals surface area contributed by atoms with E-state index in [9.17, 15) is 9.18 Å². The molecule has 164 valence electrons. The summed E-state index contributed by atoms with van der Waals surface area (Å²) in [4.78, 5) is 26.1. The standard InChI is InChI=1S/C21H24FN5O4/c1-11-15-8-16(12-7-17(22)19(30-2)24-9-12)20(29)27(18(15)26-21(23)25-11)13-3-5-14(6-4-13)31-10-28/h7-9,13-14,28H,3-6,10H2,1-2H3,(H2,23,25,26). The van der Waals surface area contributed by atoms with Gasteiger partial charge in [0.05, 0.1) is 18.9 Å². The first-order valence-corrected chi connectivity index (χ1v) is 10.0. The Labute approximate surface area is 177 Å². The molecular formula is C21H24FN5O4. The van der Waals surface area contributed by atoms with Gasteiger partial charge in [0, 0.05) is 28.8 Å². The molecule has 31 heavy (non-hydrogen) atoms. The highest BCUT2D eigenvalue weighted by molar-refractivity contribution is 5.84. The molecule has 3 heterocycles. The number of aliphatic hydroxyl groups excluding tert-OH is 1. The average Bonchev–Trinajstić information content (AvgIpc) is 2.74. The fraction of sp³-hybridized carbons (Fsp3) is 0.429. The van der Waals surface area contributed by atoms with Gasteiger partial charge in [0.1, 0.15) is 12.4 Å². The number of anilines is 1. The number of aryl methyl sites for hydroxylation is 1. The molecule has 10 heteroatoms. The smallest absolute Gasteiger partial charge is 0.260 e. The van der Waals surface area contributed by atoms with Gasteiger partial charge in [-0.15, -0.1) is 0 Å². The summed E-state index contributed by atoms with van der Waals surface area (Å²) >= 11 is 0. The van der Waals surface area contributed by atoms with Crippen LogP contribution in [0.15, 0.2) is 23.1 Å². The Morgan fingerprint density at radius 3 is 2.65 bits per heavy atom. The number of aliphatic hydroxyl groups is 1. The van der Waals surface area contributed by atoms with Crippen molar-refractivity contribution in [3.63, 3.8) is 0 Å². The minimum Gasteiger partial charge on any atom is -0.479 e. The number of ether oxygens (including phenoxy) is 2. The zero-order valence-electron chi connectivity index (χ0n) is 17.3. The van der Waals surface area contributed by atoms with Crippen LogP contribution < -0.4 is 16.0 Å². The van der Waals surface area contributed by atoms with Crippen molar-refractivity contribution in [2.45, 2.75) is 44.8 Å². The molecular weight excluding hydrogens is 405 g/mol. The molecule has 0 amide bonds. The molecule has 1 saturated carbocycles. The fourth-order valence-corrected chi connectivity index (χ4v) is 4.22. The number of methoxy groups -OCH3 is 1. The van der Waals surface area contributed by atoms with Crippen molar-refractivity contribution in [2.24, 2.45) is 0 Å². The van der Waals surface area contributed by atoms with Gasteiger partial charge in [0.15, 0.2) is 5.82 Å². The van der Waals surface area contributed by atoms with Crippen LogP contribution in [-0.4, -0.2) is 44.6 Å². The zero-order chi connectivity index (χ0) is 22.1. The molecule has 9 nitrogen and oxygen atoms in total. The maximum absolute atomic E-state index is 14.3. The molecule has 0 atom stereocenters. The number of fused-ring (bicyclic) bond motifs is 1. The normalized spacial score (nSPS) is 19.0. The Kier molecular flexibility index (Phi) is 5.84. The van der Waals surface area contributed by atoms with Gasteiger partial charge in [-0.1, -0.05) is 0 Å². The summed E-state index contributed by atoms with van der Waals surface area (Å²) < 4.78 is 26.1. The molecule has 1 fully saturated rings. The lowest BCUT2D eigenvalue weighted by atomic mass is 9.92. The van der Waals surface area contributed by atoms with E-state index < -0.39 is 5.82 Å². The third-order valence-electron chi connectivity index (χ3n) is 5.73. The van der Waals surface area contributed by atoms with Crippen molar-refractivity contribution >= 4 is 17.0 Å². The van der Waals surface area contributed by atoms with Crippen LogP contribution in [0.2, 0.25) is 0 Å². The lowest BCUT2D eigenvalue weighted by Crippen LogP contribution is -2.32. The van der Waals surface area contributed by atoms with E-state index in [4.69, 9.17) is 20.3 Å². The van der Waals surface area contributed by atoms with E-state index in [0.29, 0.717) is 53.5 Å². The highest BCUT2D eigenvalue weighted by Crippen LogP contribution is 2.33. The SMILES string of the molecule is COc1ncc(-c2cc3c(C)nc(N)nc3n(C3CCC(OCO)CC3)c2=O)cc1F. The summed E-state index contributed by atoms with van der Waals surface area (Å²) in [7, 11) is 1.33. The lowest BCUT2D eigenvalue weighted by molar-refractivity contribution is -0.0663. The van der Waals surface area contributed by atoms with Crippen LogP contribution in [-0.2, 0) is 4.74 Å². The second-order valence-corrected chi connectivity index (χ2v) is 7.58. The van der Waals surface area contributed by atoms with E-state index in [2.05, 4.69) is 15.0 Å². The summed E-state index contributed by atoms with van der Waals surface area (Å²) in [5, 5.41) is 9.68. The van der Waals surface area contributed by atoms with Crippen molar-refractivity contribution in [3.05, 3.63) is 40.2 Å². The second-order valence-electron chi connectivity index (χ2n) is 7.58. The molecule has 3 aromatic rings. The maximum Gasteiger partial charge on any atom is 0.260 e. The fourth-order valence-electron chi connectivity index (χ4n) is 4.22. The molecule has 0 spiro atoms. The molecule has 0 unspecified atom stereocenters. The van der Waals surface area contributed by atoms with Gasteiger partial charge < -0.3 is 20.3 Å². The Morgan fingerprint density at radius 1 is 1.26 bits per heavy atom. The third-order valence-corrected chi connectivity index (χ3v) is 5.73. The first-order chi connectivity index (χ1) is 14.9. The Morgan fingerprint density at radius 2 is 2.00 bits per heavy atom. The van der Waals surface area contributed by atoms with Crippen molar-refractivity contribution in [2.75, 3.05) is 19.6 Å². The lowest BCUT2D eigenvalue weighted by Gasteiger charge is -2.30. The minimum atomic E-state index is -0.655. The molecule has 3 aromatic heterocycles. The van der Waals surface area contributed by atoms with E-state index in [1.807, 2.05) is 0 Å². The molecule has 3 N–H and O–H groups in total. The van der Waals surface area contributed by atoms with Crippen LogP contribution in [0.1, 0.15) is 37.4 Å². The number of nitrogens with two attached hydrogens (primary N) is 1. The summed E-state index contributed by atoms with van der Waals surface area (Å²) in [5.41, 5.74) is 7.29. The summed E-state index contributed by atoms with van der Waals surface area (Å²) in [6, 6.07) is 2.75. The van der Waals surface area contributed by atoms with Crippen molar-refractivity contribution < 1.29 is 19.0 Å². The Balaban J connectivity index is 1.89. The van der Waals surface area contributed by atoms with Crippen LogP contribution in [0.3, 0.4) is 0 Å². The Bertz CT molecular complexity index is 1170. The van der Waals surface area contributed by atoms with Crippen molar-refractivity contribution in [3.8, 4) is 17.0 Å². The molecule has 0 bridgehead atoms. The van der Waals surface area contributed by atoms with Gasteiger partial charge >= 0.3 is 0 Å². The summed E-state index contributed by atoms with van der Waals surface area (Å²) in [5.74, 6) is -0.710. The number of nitrogen functional groups attached to an aromatic ring is 1. The minimum absolute atomic E-state index is 0.0484. The molecule has 0 saturated heterocycles. The Hall–Kier alpha value is -3.11. The zero-order valence-corrected chi connectivity index (χ0v) is 17.3. The molecule has 1 aliphatic carbocycles. The number of hydrogen-bond acceptors (Lipinski definition) is 8. The van der Waals surface area contributed by atoms with Gasteiger partial charge in [-0.25, -0.2) is 14.4 Å². The quantitative estimate of drug-likeness (QED) is 0.592. The van der Waals surface area contributed by atoms with Gasteiger partial charge in [-0.2, -0.15) is 4.98 Å². The number of hydrogen-bond donors (Lipinski definition) is 2. The molecule has 0 aromatic carbocycles. The second kappa shape index (κ2) is 8.56. The number of halogens is 1. The number of rotatable bonds is 5. The highest BCUT2D eigenvalue weighted by atomic mass is 19.1. The third kappa shape index (κ3) is 3.96. The highest BCUT2D eigenvalue weighted by Gasteiger charge is 2.27. The molecule has 0 radical (unpaired) electrons. The predicted octanol–water partition coefficient (Wildman–Crippen LogP) is 2.34. The summed E-state index contributed by atoms with van der Waals surface area (Å²) in [6.45, 7) is 1.46. The van der Waals surface area contributed by atoms with Crippen LogP contribution in [0.5, 0.6) is 5.88 Å².